The molecule has 0 atom stereocenters. The zero-order valence-electron chi connectivity index (χ0n) is 34.1. The van der Waals surface area contributed by atoms with E-state index in [4.69, 9.17) is 14.5 Å². The summed E-state index contributed by atoms with van der Waals surface area (Å²) in [5.41, 5.74) is 10.1. The summed E-state index contributed by atoms with van der Waals surface area (Å²) in [5.74, 6) is 0.717. The third-order valence-corrected chi connectivity index (χ3v) is 16.9. The number of aromatic nitrogens is 2. The summed E-state index contributed by atoms with van der Waals surface area (Å²) in [5, 5.41) is 12.4. The SMILES string of the molecule is C=I1=C(c2ccc(-n3c4ccc5ccccc5c4c4c5ccccc5ccc43)cc2)N=C(c2ccc3c(c2)c2ccccc2n3-c2ccccc2)N=C1c1ccc2ccccc2c1. The van der Waals surface area contributed by atoms with Gasteiger partial charge in [0, 0.05) is 49.6 Å². The van der Waals surface area contributed by atoms with E-state index in [0.717, 1.165) is 40.9 Å². The van der Waals surface area contributed by atoms with Gasteiger partial charge >= 0.3 is 0 Å². The van der Waals surface area contributed by atoms with E-state index in [1.165, 1.54) is 70.4 Å². The van der Waals surface area contributed by atoms with Crippen LogP contribution in [0.15, 0.2) is 222 Å². The Hall–Kier alpha value is -7.61. The van der Waals surface area contributed by atoms with Gasteiger partial charge in [-0.15, -0.1) is 0 Å². The first-order valence-electron chi connectivity index (χ1n) is 21.2. The van der Waals surface area contributed by atoms with Crippen LogP contribution in [0, 0.1) is 0 Å². The van der Waals surface area contributed by atoms with E-state index in [2.05, 4.69) is 221 Å². The number of hydrogen-bond donors (Lipinski definition) is 0. The topological polar surface area (TPSA) is 34.6 Å². The summed E-state index contributed by atoms with van der Waals surface area (Å²) in [6.07, 6.45) is 0. The van der Waals surface area contributed by atoms with Gasteiger partial charge in [0.15, 0.2) is 5.84 Å². The van der Waals surface area contributed by atoms with Crippen LogP contribution in [0.5, 0.6) is 0 Å². The van der Waals surface area contributed by atoms with Gasteiger partial charge in [0.05, 0.1) is 22.1 Å². The highest BCUT2D eigenvalue weighted by Crippen LogP contribution is 2.41. The molecule has 0 saturated heterocycles. The first-order valence-corrected chi connectivity index (χ1v) is 24.9. The van der Waals surface area contributed by atoms with Crippen LogP contribution < -0.4 is 0 Å². The number of hydrogen-bond acceptors (Lipinski definition) is 2. The lowest BCUT2D eigenvalue weighted by atomic mass is 10.00. The van der Waals surface area contributed by atoms with Gasteiger partial charge in [0.1, 0.15) is 7.35 Å². The lowest BCUT2D eigenvalue weighted by Crippen LogP contribution is -2.13. The summed E-state index contributed by atoms with van der Waals surface area (Å²) in [4.78, 5) is 10.9. The predicted molar refractivity (Wildman–Crippen MR) is 279 cm³/mol. The minimum atomic E-state index is -2.38. The molecule has 10 aromatic carbocycles. The fourth-order valence-electron chi connectivity index (χ4n) is 9.78. The summed E-state index contributed by atoms with van der Waals surface area (Å²) in [7, 11) is 0. The van der Waals surface area contributed by atoms with E-state index in [0.29, 0.717) is 5.84 Å². The maximum Gasteiger partial charge on any atom is 0.161 e. The molecule has 3 heterocycles. The van der Waals surface area contributed by atoms with E-state index >= 15 is 0 Å². The molecule has 4 nitrogen and oxygen atoms in total. The largest absolute Gasteiger partial charge is 0.309 e. The molecule has 0 radical (unpaired) electrons. The molecule has 0 saturated carbocycles. The standard InChI is InChI=1S/C58H37IN4/c1-59-56(40-25-30-45(31-26-40)63-52-33-27-38-14-7-9-19-46(38)54(52)55-47-20-10-8-15-39(47)28-34-53(55)63)60-58(61-57(59)42-24-23-37-13-5-6-16-41(37)35-42)43-29-32-51-49(36-43)48-21-11-12-22-50(48)62(51)44-17-3-2-4-18-44/h2-36H,1H2. The molecule has 0 aliphatic carbocycles. The highest BCUT2D eigenvalue weighted by Gasteiger charge is 2.22. The van der Waals surface area contributed by atoms with Crippen molar-refractivity contribution in [3.63, 3.8) is 0 Å². The average molecular weight is 917 g/mol. The van der Waals surface area contributed by atoms with Crippen molar-refractivity contribution in [1.29, 1.82) is 0 Å². The molecule has 0 fully saturated rings. The van der Waals surface area contributed by atoms with Crippen molar-refractivity contribution < 1.29 is 0 Å². The van der Waals surface area contributed by atoms with Crippen molar-refractivity contribution in [3.05, 3.63) is 229 Å². The fraction of sp³-hybridized carbons (Fsp3) is 0. The summed E-state index contributed by atoms with van der Waals surface area (Å²) >= 11 is -2.38. The van der Waals surface area contributed by atoms with Crippen LogP contribution in [-0.4, -0.2) is 26.8 Å². The number of aliphatic imine (C=N–C) groups is 2. The van der Waals surface area contributed by atoms with E-state index in [9.17, 15) is 0 Å². The molecule has 13 rings (SSSR count). The van der Waals surface area contributed by atoms with E-state index in [1.807, 2.05) is 0 Å². The van der Waals surface area contributed by atoms with Crippen LogP contribution in [-0.2, 0) is 0 Å². The van der Waals surface area contributed by atoms with Gasteiger partial charge in [-0.1, -0.05) is 169 Å². The van der Waals surface area contributed by atoms with Crippen LogP contribution in [0.2, 0.25) is 0 Å². The molecule has 0 bridgehead atoms. The Morgan fingerprint density at radius 3 is 1.57 bits per heavy atom. The maximum atomic E-state index is 5.49. The second-order valence-electron chi connectivity index (χ2n) is 16.2. The molecule has 296 valence electrons. The van der Waals surface area contributed by atoms with Gasteiger partial charge in [-0.3, -0.25) is 0 Å². The highest BCUT2D eigenvalue weighted by molar-refractivity contribution is 14.2. The van der Waals surface area contributed by atoms with Crippen LogP contribution >= 0.6 is 18.9 Å². The molecule has 2 aromatic heterocycles. The number of amidine groups is 1. The number of nitrogens with zero attached hydrogens (tertiary/aromatic N) is 4. The molecular weight excluding hydrogens is 880 g/mol. The molecule has 63 heavy (non-hydrogen) atoms. The zero-order chi connectivity index (χ0) is 41.6. The second kappa shape index (κ2) is 14.2. The van der Waals surface area contributed by atoms with Crippen LogP contribution in [0.3, 0.4) is 0 Å². The lowest BCUT2D eigenvalue weighted by Gasteiger charge is -2.17. The van der Waals surface area contributed by atoms with Crippen molar-refractivity contribution in [2.24, 2.45) is 9.98 Å². The molecule has 0 unspecified atom stereocenters. The molecule has 0 spiro atoms. The predicted octanol–water partition coefficient (Wildman–Crippen LogP) is 14.7. The van der Waals surface area contributed by atoms with Crippen LogP contribution in [0.25, 0.3) is 87.3 Å². The first kappa shape index (κ1) is 36.1. The molecular formula is C58H37IN4. The minimum absolute atomic E-state index is 0.717. The van der Waals surface area contributed by atoms with Gasteiger partial charge < -0.3 is 9.13 Å². The van der Waals surface area contributed by atoms with Crippen LogP contribution in [0.4, 0.5) is 0 Å². The normalized spacial score (nSPS) is 13.6. The smallest absolute Gasteiger partial charge is 0.161 e. The number of fused-ring (bicyclic) bond motifs is 11. The minimum Gasteiger partial charge on any atom is -0.309 e. The maximum absolute atomic E-state index is 5.49. The zero-order valence-corrected chi connectivity index (χ0v) is 36.2. The third-order valence-electron chi connectivity index (χ3n) is 12.7. The van der Waals surface area contributed by atoms with Gasteiger partial charge in [0.2, 0.25) is 0 Å². The summed E-state index contributed by atoms with van der Waals surface area (Å²) in [6, 6.07) is 76.8. The van der Waals surface area contributed by atoms with Crippen molar-refractivity contribution in [2.75, 3.05) is 0 Å². The molecule has 1 aliphatic heterocycles. The first-order chi connectivity index (χ1) is 31.2. The highest BCUT2D eigenvalue weighted by atomic mass is 127. The Balaban J connectivity index is 0.994. The van der Waals surface area contributed by atoms with Crippen molar-refractivity contribution >= 4 is 113 Å². The third kappa shape index (κ3) is 5.66. The van der Waals surface area contributed by atoms with Gasteiger partial charge in [-0.2, -0.15) is 0 Å². The Morgan fingerprint density at radius 1 is 0.349 bits per heavy atom. The van der Waals surface area contributed by atoms with Gasteiger partial charge in [-0.05, 0) is 99.0 Å². The lowest BCUT2D eigenvalue weighted by molar-refractivity contribution is 1.18. The van der Waals surface area contributed by atoms with Crippen molar-refractivity contribution in [2.45, 2.75) is 0 Å². The van der Waals surface area contributed by atoms with Gasteiger partial charge in [-0.25, -0.2) is 9.98 Å². The second-order valence-corrected chi connectivity index (χ2v) is 20.3. The summed E-state index contributed by atoms with van der Waals surface area (Å²) in [6.45, 7) is 0. The Bertz CT molecular complexity index is 3940. The average Bonchev–Trinajstić information content (AvgIpc) is 3.87. The number of rotatable bonds is 5. The fourth-order valence-corrected chi connectivity index (χ4v) is 13.5. The van der Waals surface area contributed by atoms with Crippen molar-refractivity contribution in [1.82, 2.24) is 9.13 Å². The van der Waals surface area contributed by atoms with E-state index in [-0.39, 0.29) is 0 Å². The van der Waals surface area contributed by atoms with Crippen LogP contribution in [0.1, 0.15) is 16.7 Å². The number of halogens is 1. The monoisotopic (exact) mass is 916 g/mol. The Morgan fingerprint density at radius 2 is 0.857 bits per heavy atom. The molecule has 12 aromatic rings. The van der Waals surface area contributed by atoms with E-state index in [1.54, 1.807) is 0 Å². The van der Waals surface area contributed by atoms with Crippen molar-refractivity contribution in [3.8, 4) is 11.4 Å². The number of para-hydroxylation sites is 2. The van der Waals surface area contributed by atoms with E-state index < -0.39 is 18.9 Å². The summed E-state index contributed by atoms with van der Waals surface area (Å²) < 4.78 is 11.8. The number of benzene rings is 10. The molecule has 5 heteroatoms. The molecule has 0 N–H and O–H groups in total. The molecule has 0 amide bonds. The quantitative estimate of drug-likeness (QED) is 0.154. The molecule has 1 aliphatic rings. The Labute approximate surface area is 369 Å². The Kier molecular flexibility index (Phi) is 8.15. The van der Waals surface area contributed by atoms with Gasteiger partial charge in [0.25, 0.3) is 0 Å².